The summed E-state index contributed by atoms with van der Waals surface area (Å²) >= 11 is 0. The van der Waals surface area contributed by atoms with E-state index in [1.54, 1.807) is 0 Å². The molecule has 2 atom stereocenters. The average Bonchev–Trinajstić information content (AvgIpc) is 2.73. The van der Waals surface area contributed by atoms with E-state index in [1.165, 1.54) is 18.4 Å². The first-order chi connectivity index (χ1) is 14.1. The van der Waals surface area contributed by atoms with Gasteiger partial charge >= 0.3 is 0 Å². The number of nitrogens with zero attached hydrogens (tertiary/aromatic N) is 3. The third-order valence-corrected chi connectivity index (χ3v) is 6.42. The van der Waals surface area contributed by atoms with E-state index in [-0.39, 0.29) is 29.9 Å². The van der Waals surface area contributed by atoms with Gasteiger partial charge in [0.15, 0.2) is 5.96 Å². The summed E-state index contributed by atoms with van der Waals surface area (Å²) in [7, 11) is 1.85. The van der Waals surface area contributed by atoms with Crippen LogP contribution in [0.5, 0.6) is 0 Å². The fraction of sp³-hybridized carbons (Fsp3) is 0.652. The number of nitrogens with one attached hydrogen (secondary N) is 1. The Morgan fingerprint density at radius 1 is 1.20 bits per heavy atom. The summed E-state index contributed by atoms with van der Waals surface area (Å²) in [5.74, 6) is 1.88. The lowest BCUT2D eigenvalue weighted by atomic mass is 9.94. The number of hydrogen-bond acceptors (Lipinski definition) is 3. The minimum atomic E-state index is -0.205. The normalized spacial score (nSPS) is 22.3. The van der Waals surface area contributed by atoms with Crippen molar-refractivity contribution in [2.45, 2.75) is 45.1 Å². The largest absolute Gasteiger partial charge is 0.370 e. The molecule has 0 radical (unpaired) electrons. The van der Waals surface area contributed by atoms with Gasteiger partial charge in [-0.2, -0.15) is 0 Å². The SMILES string of the molecule is CN=C(NCC(c1ccccc1)N1CCC(C)CC1)N1CCCC(CC(N)=O)C1.I. The number of nitrogens with two attached hydrogens (primary N) is 1. The molecule has 30 heavy (non-hydrogen) atoms. The molecule has 3 N–H and O–H groups in total. The van der Waals surface area contributed by atoms with Crippen LogP contribution >= 0.6 is 24.0 Å². The Morgan fingerprint density at radius 2 is 1.90 bits per heavy atom. The molecule has 2 saturated heterocycles. The van der Waals surface area contributed by atoms with E-state index in [0.717, 1.165) is 57.4 Å². The van der Waals surface area contributed by atoms with Gasteiger partial charge in [-0.15, -0.1) is 24.0 Å². The molecule has 0 bridgehead atoms. The smallest absolute Gasteiger partial charge is 0.217 e. The second-order valence-electron chi connectivity index (χ2n) is 8.70. The van der Waals surface area contributed by atoms with E-state index in [0.29, 0.717) is 18.4 Å². The quantitative estimate of drug-likeness (QED) is 0.339. The van der Waals surface area contributed by atoms with Gasteiger partial charge in [0, 0.05) is 33.1 Å². The van der Waals surface area contributed by atoms with Crippen molar-refractivity contribution in [1.82, 2.24) is 15.1 Å². The summed E-state index contributed by atoms with van der Waals surface area (Å²) < 4.78 is 0. The van der Waals surface area contributed by atoms with Gasteiger partial charge in [-0.05, 0) is 56.2 Å². The van der Waals surface area contributed by atoms with Crippen molar-refractivity contribution in [2.24, 2.45) is 22.6 Å². The van der Waals surface area contributed by atoms with E-state index in [4.69, 9.17) is 5.73 Å². The van der Waals surface area contributed by atoms with Crippen molar-refractivity contribution in [3.63, 3.8) is 0 Å². The molecule has 7 heteroatoms. The van der Waals surface area contributed by atoms with Gasteiger partial charge in [0.25, 0.3) is 0 Å². The van der Waals surface area contributed by atoms with Gasteiger partial charge in [0.1, 0.15) is 0 Å². The molecule has 2 unspecified atom stereocenters. The van der Waals surface area contributed by atoms with Crippen molar-refractivity contribution in [1.29, 1.82) is 0 Å². The molecule has 0 aliphatic carbocycles. The Hall–Kier alpha value is -1.35. The molecular weight excluding hydrogens is 489 g/mol. The third kappa shape index (κ3) is 7.11. The van der Waals surface area contributed by atoms with Crippen molar-refractivity contribution in [2.75, 3.05) is 39.8 Å². The van der Waals surface area contributed by atoms with Gasteiger partial charge in [-0.25, -0.2) is 0 Å². The van der Waals surface area contributed by atoms with Gasteiger partial charge < -0.3 is 16.0 Å². The molecule has 2 fully saturated rings. The number of guanidine groups is 1. The maximum Gasteiger partial charge on any atom is 0.217 e. The summed E-state index contributed by atoms with van der Waals surface area (Å²) in [6, 6.07) is 11.1. The fourth-order valence-electron chi connectivity index (χ4n) is 4.70. The van der Waals surface area contributed by atoms with Gasteiger partial charge in [0.05, 0.1) is 6.04 Å². The Bertz CT molecular complexity index is 675. The number of halogens is 1. The van der Waals surface area contributed by atoms with Crippen LogP contribution in [-0.4, -0.2) is 61.4 Å². The molecule has 2 aliphatic rings. The number of carbonyl (C=O) groups is 1. The van der Waals surface area contributed by atoms with Gasteiger partial charge in [-0.1, -0.05) is 37.3 Å². The van der Waals surface area contributed by atoms with E-state index in [9.17, 15) is 4.79 Å². The highest BCUT2D eigenvalue weighted by molar-refractivity contribution is 14.0. The maximum atomic E-state index is 11.3. The summed E-state index contributed by atoms with van der Waals surface area (Å²) in [5.41, 5.74) is 6.78. The maximum absolute atomic E-state index is 11.3. The predicted molar refractivity (Wildman–Crippen MR) is 134 cm³/mol. The molecule has 0 spiro atoms. The second kappa shape index (κ2) is 12.5. The van der Waals surface area contributed by atoms with Crippen LogP contribution in [0.3, 0.4) is 0 Å². The highest BCUT2D eigenvalue weighted by atomic mass is 127. The zero-order chi connectivity index (χ0) is 20.6. The van der Waals surface area contributed by atoms with Crippen LogP contribution in [0.4, 0.5) is 0 Å². The zero-order valence-corrected chi connectivity index (χ0v) is 20.8. The highest BCUT2D eigenvalue weighted by Crippen LogP contribution is 2.26. The third-order valence-electron chi connectivity index (χ3n) is 6.42. The summed E-state index contributed by atoms with van der Waals surface area (Å²) in [5, 5.41) is 3.64. The topological polar surface area (TPSA) is 74.0 Å². The van der Waals surface area contributed by atoms with E-state index in [2.05, 4.69) is 57.4 Å². The zero-order valence-electron chi connectivity index (χ0n) is 18.4. The number of hydrogen-bond donors (Lipinski definition) is 2. The Balaban J connectivity index is 0.00000320. The predicted octanol–water partition coefficient (Wildman–Crippen LogP) is 3.24. The molecule has 1 aromatic rings. The van der Waals surface area contributed by atoms with Gasteiger partial charge in [-0.3, -0.25) is 14.7 Å². The van der Waals surface area contributed by atoms with Crippen molar-refractivity contribution >= 4 is 35.8 Å². The Morgan fingerprint density at radius 3 is 2.53 bits per heavy atom. The van der Waals surface area contributed by atoms with Crippen LogP contribution in [0.2, 0.25) is 0 Å². The lowest BCUT2D eigenvalue weighted by molar-refractivity contribution is -0.119. The average molecular weight is 527 g/mol. The molecule has 2 aliphatic heterocycles. The molecule has 1 aromatic carbocycles. The first-order valence-electron chi connectivity index (χ1n) is 11.1. The first kappa shape index (κ1) is 24.9. The Kier molecular flexibility index (Phi) is 10.4. The van der Waals surface area contributed by atoms with Crippen molar-refractivity contribution in [3.8, 4) is 0 Å². The van der Waals surface area contributed by atoms with Crippen LogP contribution in [0.1, 0.15) is 50.6 Å². The van der Waals surface area contributed by atoms with Crippen molar-refractivity contribution in [3.05, 3.63) is 35.9 Å². The fourth-order valence-corrected chi connectivity index (χ4v) is 4.70. The van der Waals surface area contributed by atoms with Crippen LogP contribution in [-0.2, 0) is 4.79 Å². The van der Waals surface area contributed by atoms with E-state index < -0.39 is 0 Å². The van der Waals surface area contributed by atoms with Crippen LogP contribution in [0.25, 0.3) is 0 Å². The molecule has 2 heterocycles. The van der Waals surface area contributed by atoms with E-state index >= 15 is 0 Å². The number of primary amides is 1. The minimum Gasteiger partial charge on any atom is -0.370 e. The lowest BCUT2D eigenvalue weighted by Crippen LogP contribution is -2.49. The minimum absolute atomic E-state index is 0. The standard InChI is InChI=1S/C23H37N5O.HI/c1-18-10-13-27(14-11-18)21(20-8-4-3-5-9-20)16-26-23(25-2)28-12-6-7-19(17-28)15-22(24)29;/h3-5,8-9,18-19,21H,6-7,10-17H2,1-2H3,(H2,24,29)(H,25,26);1H. The Labute approximate surface area is 198 Å². The van der Waals surface area contributed by atoms with Crippen LogP contribution in [0, 0.1) is 11.8 Å². The second-order valence-corrected chi connectivity index (χ2v) is 8.70. The number of carbonyl (C=O) groups excluding carboxylic acids is 1. The number of benzene rings is 1. The molecule has 6 nitrogen and oxygen atoms in total. The monoisotopic (exact) mass is 527 g/mol. The summed E-state index contributed by atoms with van der Waals surface area (Å²) in [6.45, 7) is 7.30. The number of rotatable bonds is 6. The van der Waals surface area contributed by atoms with Gasteiger partial charge in [0.2, 0.25) is 5.91 Å². The number of piperidine rings is 2. The number of likely N-dealkylation sites (tertiary alicyclic amines) is 2. The lowest BCUT2D eigenvalue weighted by Gasteiger charge is -2.39. The number of aliphatic imine (C=N–C) groups is 1. The molecule has 0 saturated carbocycles. The molecule has 168 valence electrons. The highest BCUT2D eigenvalue weighted by Gasteiger charge is 2.27. The van der Waals surface area contributed by atoms with Crippen molar-refractivity contribution < 1.29 is 4.79 Å². The first-order valence-corrected chi connectivity index (χ1v) is 11.1. The molecule has 3 rings (SSSR count). The number of amides is 1. The molecule has 1 amide bonds. The van der Waals surface area contributed by atoms with Crippen LogP contribution < -0.4 is 11.1 Å². The summed E-state index contributed by atoms with van der Waals surface area (Å²) in [6.07, 6.45) is 5.13. The molecule has 0 aromatic heterocycles. The van der Waals surface area contributed by atoms with Crippen LogP contribution in [0.15, 0.2) is 35.3 Å². The summed E-state index contributed by atoms with van der Waals surface area (Å²) in [4.78, 5) is 20.8. The molecular formula is C23H38IN5O. The van der Waals surface area contributed by atoms with E-state index in [1.807, 2.05) is 7.05 Å².